The van der Waals surface area contributed by atoms with Gasteiger partial charge in [-0.05, 0) is 61.6 Å². The molecule has 2 aliphatic heterocycles. The van der Waals surface area contributed by atoms with Gasteiger partial charge in [-0.1, -0.05) is 38.2 Å². The van der Waals surface area contributed by atoms with Crippen molar-refractivity contribution in [2.75, 3.05) is 32.8 Å². The number of unbranched alkanes of at least 4 members (excludes halogenated alkanes) is 1. The number of morpholine rings is 1. The molecule has 4 rings (SSSR count). The molecule has 7 nitrogen and oxygen atoms in total. The summed E-state index contributed by atoms with van der Waals surface area (Å²) >= 11 is 0. The first-order chi connectivity index (χ1) is 19.3. The fraction of sp³-hybridized carbons (Fsp3) is 0.424. The maximum atomic E-state index is 12.1. The molecule has 2 aromatic heterocycles. The summed E-state index contributed by atoms with van der Waals surface area (Å²) in [6.07, 6.45) is 15.6. The average Bonchev–Trinajstić information content (AvgIpc) is 2.99. The second-order valence-electron chi connectivity index (χ2n) is 10.5. The van der Waals surface area contributed by atoms with Crippen LogP contribution in [0.25, 0.3) is 11.1 Å². The quantitative estimate of drug-likeness (QED) is 0.390. The highest BCUT2D eigenvalue weighted by Crippen LogP contribution is 2.29. The smallest absolute Gasteiger partial charge is 0.253 e. The number of aromatic nitrogens is 3. The van der Waals surface area contributed by atoms with Crippen LogP contribution < -0.4 is 5.56 Å². The predicted octanol–water partition coefficient (Wildman–Crippen LogP) is 5.52. The molecule has 40 heavy (non-hydrogen) atoms. The van der Waals surface area contributed by atoms with Crippen LogP contribution in [0.5, 0.6) is 0 Å². The molecule has 7 heteroatoms. The summed E-state index contributed by atoms with van der Waals surface area (Å²) in [5, 5.41) is 0. The SMILES string of the molecule is C=C(/C(C)=C(/C)c1nccc(=O)n1C)N1CCc2ncc(C(/C=C\C(=C\CCC)N3CCOCC3)=C/C)cc2C1. The molecule has 0 amide bonds. The summed E-state index contributed by atoms with van der Waals surface area (Å²) in [6, 6.07) is 3.76. The molecule has 0 bridgehead atoms. The van der Waals surface area contributed by atoms with Crippen LogP contribution in [0.1, 0.15) is 63.2 Å². The van der Waals surface area contributed by atoms with Crippen molar-refractivity contribution >= 4 is 11.1 Å². The van der Waals surface area contributed by atoms with E-state index >= 15 is 0 Å². The lowest BCUT2D eigenvalue weighted by Gasteiger charge is -2.33. The van der Waals surface area contributed by atoms with E-state index in [9.17, 15) is 4.79 Å². The van der Waals surface area contributed by atoms with Crippen LogP contribution in [-0.4, -0.2) is 57.2 Å². The van der Waals surface area contributed by atoms with E-state index in [1.54, 1.807) is 17.8 Å². The van der Waals surface area contributed by atoms with Gasteiger partial charge in [-0.3, -0.25) is 14.3 Å². The Morgan fingerprint density at radius 1 is 1.12 bits per heavy atom. The zero-order chi connectivity index (χ0) is 28.6. The highest BCUT2D eigenvalue weighted by atomic mass is 16.5. The van der Waals surface area contributed by atoms with Crippen LogP contribution in [0.2, 0.25) is 0 Å². The average molecular weight is 542 g/mol. The Morgan fingerprint density at radius 2 is 1.90 bits per heavy atom. The fourth-order valence-electron chi connectivity index (χ4n) is 5.21. The van der Waals surface area contributed by atoms with Crippen molar-refractivity contribution in [1.82, 2.24) is 24.3 Å². The summed E-state index contributed by atoms with van der Waals surface area (Å²) < 4.78 is 7.15. The summed E-state index contributed by atoms with van der Waals surface area (Å²) in [6.45, 7) is 17.8. The molecular formula is C33H43N5O2. The summed E-state index contributed by atoms with van der Waals surface area (Å²) in [5.74, 6) is 0.668. The normalized spacial score (nSPS) is 17.2. The Hall–Kier alpha value is -3.71. The Bertz CT molecular complexity index is 1410. The molecule has 0 aromatic carbocycles. The number of allylic oxidation sites excluding steroid dienone is 7. The first-order valence-corrected chi connectivity index (χ1v) is 14.3. The molecule has 0 aliphatic carbocycles. The molecule has 1 fully saturated rings. The van der Waals surface area contributed by atoms with Gasteiger partial charge in [-0.25, -0.2) is 4.98 Å². The number of hydrogen-bond donors (Lipinski definition) is 0. The van der Waals surface area contributed by atoms with Crippen LogP contribution in [0.15, 0.2) is 77.2 Å². The number of hydrogen-bond acceptors (Lipinski definition) is 6. The van der Waals surface area contributed by atoms with E-state index in [2.05, 4.69) is 72.5 Å². The summed E-state index contributed by atoms with van der Waals surface area (Å²) in [5.41, 5.74) is 8.79. The molecule has 0 spiro atoms. The van der Waals surface area contributed by atoms with Crippen LogP contribution in [0.3, 0.4) is 0 Å². The third-order valence-corrected chi connectivity index (χ3v) is 7.91. The lowest BCUT2D eigenvalue weighted by molar-refractivity contribution is 0.0552. The minimum absolute atomic E-state index is 0.0694. The van der Waals surface area contributed by atoms with Gasteiger partial charge < -0.3 is 14.5 Å². The minimum Gasteiger partial charge on any atom is -0.378 e. The van der Waals surface area contributed by atoms with Crippen LogP contribution >= 0.6 is 0 Å². The Balaban J connectivity index is 1.54. The molecule has 0 atom stereocenters. The number of ether oxygens (including phenoxy) is 1. The van der Waals surface area contributed by atoms with Gasteiger partial charge in [0.1, 0.15) is 5.82 Å². The maximum absolute atomic E-state index is 12.1. The van der Waals surface area contributed by atoms with Crippen molar-refractivity contribution in [2.24, 2.45) is 7.05 Å². The van der Waals surface area contributed by atoms with Crippen molar-refractivity contribution < 1.29 is 4.74 Å². The highest BCUT2D eigenvalue weighted by molar-refractivity contribution is 5.74. The van der Waals surface area contributed by atoms with Gasteiger partial charge in [0, 0.05) is 80.8 Å². The van der Waals surface area contributed by atoms with Gasteiger partial charge >= 0.3 is 0 Å². The molecule has 2 aromatic rings. The first-order valence-electron chi connectivity index (χ1n) is 14.3. The molecule has 2 aliphatic rings. The topological polar surface area (TPSA) is 63.5 Å². The fourth-order valence-corrected chi connectivity index (χ4v) is 5.21. The third kappa shape index (κ3) is 6.70. The van der Waals surface area contributed by atoms with Crippen LogP contribution in [0.4, 0.5) is 0 Å². The Kier molecular flexibility index (Phi) is 9.93. The van der Waals surface area contributed by atoms with Gasteiger partial charge in [0.2, 0.25) is 0 Å². The number of fused-ring (bicyclic) bond motifs is 1. The van der Waals surface area contributed by atoms with E-state index < -0.39 is 0 Å². The largest absolute Gasteiger partial charge is 0.378 e. The number of rotatable bonds is 9. The standard InChI is InChI=1S/C33H43N5O2/c1-7-9-10-30(37-17-19-40-20-18-37)12-11-27(8-2)28-21-29-23-38(16-14-31(29)35-22-28)26(5)24(3)25(4)33-34-15-13-32(39)36(33)6/h8,10-13,15,21-22H,5,7,9,14,16-20,23H2,1-4,6H3/b12-11-,25-24-,27-8+,30-10-. The zero-order valence-corrected chi connectivity index (χ0v) is 24.7. The van der Waals surface area contributed by atoms with Crippen LogP contribution in [-0.2, 0) is 24.8 Å². The van der Waals surface area contributed by atoms with E-state index in [0.717, 1.165) is 92.3 Å². The van der Waals surface area contributed by atoms with Crippen molar-refractivity contribution in [2.45, 2.75) is 53.5 Å². The van der Waals surface area contributed by atoms with Gasteiger partial charge in [-0.2, -0.15) is 0 Å². The lowest BCUT2D eigenvalue weighted by atomic mass is 9.98. The molecular weight excluding hydrogens is 498 g/mol. The minimum atomic E-state index is -0.0694. The summed E-state index contributed by atoms with van der Waals surface area (Å²) in [4.78, 5) is 26.2. The van der Waals surface area contributed by atoms with Gasteiger partial charge in [0.15, 0.2) is 0 Å². The van der Waals surface area contributed by atoms with Crippen molar-refractivity contribution in [3.05, 3.63) is 105 Å². The maximum Gasteiger partial charge on any atom is 0.253 e. The molecule has 4 heterocycles. The summed E-state index contributed by atoms with van der Waals surface area (Å²) in [7, 11) is 1.76. The van der Waals surface area contributed by atoms with E-state index in [4.69, 9.17) is 9.72 Å². The van der Waals surface area contributed by atoms with E-state index in [1.807, 2.05) is 13.1 Å². The number of pyridine rings is 1. The van der Waals surface area contributed by atoms with Crippen molar-refractivity contribution in [3.63, 3.8) is 0 Å². The number of nitrogens with zero attached hydrogens (tertiary/aromatic N) is 5. The van der Waals surface area contributed by atoms with E-state index in [1.165, 1.54) is 17.3 Å². The molecule has 0 saturated carbocycles. The van der Waals surface area contributed by atoms with Crippen molar-refractivity contribution in [1.29, 1.82) is 0 Å². The van der Waals surface area contributed by atoms with E-state index in [-0.39, 0.29) is 5.56 Å². The zero-order valence-electron chi connectivity index (χ0n) is 24.7. The monoisotopic (exact) mass is 541 g/mol. The molecule has 212 valence electrons. The molecule has 1 saturated heterocycles. The van der Waals surface area contributed by atoms with Gasteiger partial charge in [0.05, 0.1) is 13.2 Å². The van der Waals surface area contributed by atoms with Crippen molar-refractivity contribution in [3.8, 4) is 0 Å². The lowest BCUT2D eigenvalue weighted by Crippen LogP contribution is -2.35. The van der Waals surface area contributed by atoms with Crippen LogP contribution in [0, 0.1) is 0 Å². The molecule has 0 N–H and O–H groups in total. The highest BCUT2D eigenvalue weighted by Gasteiger charge is 2.21. The second kappa shape index (κ2) is 13.6. The Labute approximate surface area is 238 Å². The molecule has 0 unspecified atom stereocenters. The molecule has 0 radical (unpaired) electrons. The van der Waals surface area contributed by atoms with E-state index in [0.29, 0.717) is 5.82 Å². The third-order valence-electron chi connectivity index (χ3n) is 7.91. The first kappa shape index (κ1) is 29.3. The van der Waals surface area contributed by atoms with Gasteiger partial charge in [-0.15, -0.1) is 0 Å². The predicted molar refractivity (Wildman–Crippen MR) is 163 cm³/mol. The second-order valence-corrected chi connectivity index (χ2v) is 10.5. The Morgan fingerprint density at radius 3 is 2.62 bits per heavy atom. The van der Waals surface area contributed by atoms with Gasteiger partial charge in [0.25, 0.3) is 5.56 Å².